The highest BCUT2D eigenvalue weighted by atomic mass is 16.3. The summed E-state index contributed by atoms with van der Waals surface area (Å²) in [7, 11) is 0. The van der Waals surface area contributed by atoms with Crippen LogP contribution in [0.3, 0.4) is 0 Å². The van der Waals surface area contributed by atoms with Gasteiger partial charge in [-0.2, -0.15) is 0 Å². The third-order valence-electron chi connectivity index (χ3n) is 1.29. The highest BCUT2D eigenvalue weighted by molar-refractivity contribution is 5.48. The summed E-state index contributed by atoms with van der Waals surface area (Å²) in [4.78, 5) is 11.3. The van der Waals surface area contributed by atoms with Crippen molar-refractivity contribution in [1.82, 2.24) is 4.90 Å². The molecule has 1 radical (unpaired) electrons. The number of β-amino-alcohol motifs (C(OH)–C–C–N with tert-alkyl or cyclic N) is 1. The van der Waals surface area contributed by atoms with Crippen molar-refractivity contribution in [2.24, 2.45) is 0 Å². The van der Waals surface area contributed by atoms with Crippen LogP contribution in [0.5, 0.6) is 0 Å². The van der Waals surface area contributed by atoms with Crippen LogP contribution in [0, 0.1) is 0 Å². The van der Waals surface area contributed by atoms with Crippen LogP contribution in [0.1, 0.15) is 6.42 Å². The first-order valence-corrected chi connectivity index (χ1v) is 2.63. The molecular formula is C5H8NO2. The van der Waals surface area contributed by atoms with E-state index in [4.69, 9.17) is 5.11 Å². The maximum absolute atomic E-state index is 9.84. The van der Waals surface area contributed by atoms with Gasteiger partial charge in [0.1, 0.15) is 0 Å². The van der Waals surface area contributed by atoms with Crippen molar-refractivity contribution in [2.75, 3.05) is 13.1 Å². The molecule has 1 saturated heterocycles. The summed E-state index contributed by atoms with van der Waals surface area (Å²) in [5.41, 5.74) is 0. The first-order chi connectivity index (χ1) is 3.83. The Bertz CT molecular complexity index is 94.4. The lowest BCUT2D eigenvalue weighted by Gasteiger charge is -2.02. The van der Waals surface area contributed by atoms with Gasteiger partial charge in [-0.15, -0.1) is 0 Å². The second-order valence-electron chi connectivity index (χ2n) is 1.98. The van der Waals surface area contributed by atoms with Gasteiger partial charge in [-0.3, -0.25) is 4.79 Å². The van der Waals surface area contributed by atoms with E-state index in [0.29, 0.717) is 19.5 Å². The highest BCUT2D eigenvalue weighted by Crippen LogP contribution is 2.04. The largest absolute Gasteiger partial charge is 0.391 e. The van der Waals surface area contributed by atoms with E-state index in [2.05, 4.69) is 0 Å². The predicted octanol–water partition coefficient (Wildman–Crippen LogP) is -0.880. The summed E-state index contributed by atoms with van der Waals surface area (Å²) < 4.78 is 0. The molecule has 1 rings (SSSR count). The van der Waals surface area contributed by atoms with Crippen molar-refractivity contribution in [3.63, 3.8) is 0 Å². The number of likely N-dealkylation sites (tertiary alicyclic amines) is 1. The van der Waals surface area contributed by atoms with E-state index in [1.807, 2.05) is 0 Å². The molecule has 0 spiro atoms. The molecule has 1 N–H and O–H groups in total. The molecule has 0 aromatic carbocycles. The molecule has 0 aliphatic carbocycles. The van der Waals surface area contributed by atoms with Crippen LogP contribution in [0.2, 0.25) is 0 Å². The van der Waals surface area contributed by atoms with Gasteiger partial charge in [-0.25, -0.2) is 0 Å². The monoisotopic (exact) mass is 114 g/mol. The van der Waals surface area contributed by atoms with Gasteiger partial charge < -0.3 is 10.0 Å². The van der Waals surface area contributed by atoms with Crippen molar-refractivity contribution in [3.05, 3.63) is 0 Å². The molecule has 0 aromatic rings. The zero-order valence-electron chi connectivity index (χ0n) is 4.50. The van der Waals surface area contributed by atoms with E-state index < -0.39 is 0 Å². The number of hydrogen-bond acceptors (Lipinski definition) is 2. The zero-order chi connectivity index (χ0) is 5.98. The van der Waals surface area contributed by atoms with E-state index in [1.165, 1.54) is 4.90 Å². The van der Waals surface area contributed by atoms with E-state index >= 15 is 0 Å². The second-order valence-corrected chi connectivity index (χ2v) is 1.98. The molecule has 0 unspecified atom stereocenters. The molecule has 1 amide bonds. The Labute approximate surface area is 47.9 Å². The third kappa shape index (κ3) is 0.980. The second kappa shape index (κ2) is 2.13. The maximum Gasteiger partial charge on any atom is 0.312 e. The average molecular weight is 114 g/mol. The van der Waals surface area contributed by atoms with Crippen LogP contribution in [-0.2, 0) is 4.79 Å². The molecular weight excluding hydrogens is 106 g/mol. The normalized spacial score (nSPS) is 28.6. The predicted molar refractivity (Wildman–Crippen MR) is 27.9 cm³/mol. The lowest BCUT2D eigenvalue weighted by molar-refractivity contribution is 0.187. The number of rotatable bonds is 1. The molecule has 1 aliphatic rings. The molecule has 3 heteroatoms. The molecule has 1 aliphatic heterocycles. The van der Waals surface area contributed by atoms with Gasteiger partial charge in [0.15, 0.2) is 0 Å². The van der Waals surface area contributed by atoms with Gasteiger partial charge in [0.25, 0.3) is 0 Å². The van der Waals surface area contributed by atoms with Gasteiger partial charge in [0.2, 0.25) is 0 Å². The van der Waals surface area contributed by atoms with Crippen molar-refractivity contribution in [3.8, 4) is 0 Å². The number of aliphatic hydroxyl groups excluding tert-OH is 1. The van der Waals surface area contributed by atoms with Gasteiger partial charge in [-0.05, 0) is 6.42 Å². The Kier molecular flexibility index (Phi) is 1.48. The summed E-state index contributed by atoms with van der Waals surface area (Å²) >= 11 is 0. The molecule has 1 heterocycles. The molecule has 0 saturated carbocycles. The highest BCUT2D eigenvalue weighted by Gasteiger charge is 2.18. The lowest BCUT2D eigenvalue weighted by atomic mass is 10.3. The van der Waals surface area contributed by atoms with Crippen LogP contribution < -0.4 is 0 Å². The fourth-order valence-electron chi connectivity index (χ4n) is 0.825. The maximum atomic E-state index is 9.84. The third-order valence-corrected chi connectivity index (χ3v) is 1.29. The minimum atomic E-state index is -0.309. The van der Waals surface area contributed by atoms with Crippen molar-refractivity contribution in [2.45, 2.75) is 12.5 Å². The topological polar surface area (TPSA) is 40.5 Å². The van der Waals surface area contributed by atoms with Gasteiger partial charge in [0.05, 0.1) is 6.10 Å². The molecule has 1 atom stereocenters. The van der Waals surface area contributed by atoms with Crippen LogP contribution in [0.4, 0.5) is 0 Å². The fourth-order valence-corrected chi connectivity index (χ4v) is 0.825. The number of amides is 1. The zero-order valence-corrected chi connectivity index (χ0v) is 4.50. The Balaban J connectivity index is 2.32. The van der Waals surface area contributed by atoms with Gasteiger partial charge in [0, 0.05) is 13.1 Å². The van der Waals surface area contributed by atoms with Crippen LogP contribution in [0.25, 0.3) is 0 Å². The number of nitrogens with zero attached hydrogens (tertiary/aromatic N) is 1. The van der Waals surface area contributed by atoms with E-state index in [9.17, 15) is 4.79 Å². The van der Waals surface area contributed by atoms with Crippen molar-refractivity contribution < 1.29 is 9.90 Å². The SMILES string of the molecule is O=[C]N1CC[C@@H](O)C1. The average Bonchev–Trinajstić information content (AvgIpc) is 2.14. The molecule has 8 heavy (non-hydrogen) atoms. The first-order valence-electron chi connectivity index (χ1n) is 2.63. The fraction of sp³-hybridized carbons (Fsp3) is 0.800. The Morgan fingerprint density at radius 1 is 1.75 bits per heavy atom. The Hall–Kier alpha value is -0.570. The smallest absolute Gasteiger partial charge is 0.312 e. The Morgan fingerprint density at radius 3 is 2.75 bits per heavy atom. The number of hydrogen-bond donors (Lipinski definition) is 1. The van der Waals surface area contributed by atoms with Crippen LogP contribution in [0.15, 0.2) is 0 Å². The lowest BCUT2D eigenvalue weighted by Crippen LogP contribution is -2.19. The van der Waals surface area contributed by atoms with E-state index in [-0.39, 0.29) is 6.10 Å². The summed E-state index contributed by atoms with van der Waals surface area (Å²) in [5.74, 6) is 0. The summed E-state index contributed by atoms with van der Waals surface area (Å²) in [6, 6.07) is 0. The molecule has 1 fully saturated rings. The van der Waals surface area contributed by atoms with Crippen LogP contribution >= 0.6 is 0 Å². The minimum absolute atomic E-state index is 0.309. The van der Waals surface area contributed by atoms with Gasteiger partial charge in [-0.1, -0.05) is 0 Å². The molecule has 0 bridgehead atoms. The first kappa shape index (κ1) is 5.56. The molecule has 45 valence electrons. The Morgan fingerprint density at radius 2 is 2.50 bits per heavy atom. The van der Waals surface area contributed by atoms with Crippen molar-refractivity contribution in [1.29, 1.82) is 0 Å². The standard InChI is InChI=1S/C5H8NO2/c7-4-6-2-1-5(8)3-6/h5,8H,1-3H2/t5-/m1/s1. The van der Waals surface area contributed by atoms with E-state index in [0.717, 1.165) is 0 Å². The number of aliphatic hydroxyl groups is 1. The molecule has 0 aromatic heterocycles. The quantitative estimate of drug-likeness (QED) is 0.481. The van der Waals surface area contributed by atoms with Gasteiger partial charge >= 0.3 is 6.41 Å². The minimum Gasteiger partial charge on any atom is -0.391 e. The summed E-state index contributed by atoms with van der Waals surface area (Å²) in [5, 5.41) is 8.81. The summed E-state index contributed by atoms with van der Waals surface area (Å²) in [6.07, 6.45) is 2.11. The van der Waals surface area contributed by atoms with E-state index in [1.54, 1.807) is 6.41 Å². The summed E-state index contributed by atoms with van der Waals surface area (Å²) in [6.45, 7) is 1.12. The van der Waals surface area contributed by atoms with Crippen LogP contribution in [-0.4, -0.2) is 35.6 Å². The number of carbonyl (C=O) groups excluding carboxylic acids is 1. The van der Waals surface area contributed by atoms with Crippen molar-refractivity contribution >= 4 is 6.41 Å². The molecule has 3 nitrogen and oxygen atoms in total.